The largest absolute Gasteiger partial charge is 0.342 e. The van der Waals surface area contributed by atoms with Crippen molar-refractivity contribution >= 4 is 11.0 Å². The number of nitrogens with zero attached hydrogens (tertiary/aromatic N) is 3. The van der Waals surface area contributed by atoms with Crippen LogP contribution in [0.1, 0.15) is 19.2 Å². The Hall–Kier alpha value is -2.10. The number of para-hydroxylation sites is 2. The van der Waals surface area contributed by atoms with E-state index in [0.29, 0.717) is 0 Å². The molecule has 0 amide bonds. The van der Waals surface area contributed by atoms with Crippen LogP contribution in [0.25, 0.3) is 11.0 Å². The zero-order valence-corrected chi connectivity index (χ0v) is 11.2. The van der Waals surface area contributed by atoms with Crippen LogP contribution in [0.4, 0.5) is 0 Å². The first-order valence-corrected chi connectivity index (χ1v) is 6.83. The standard InChI is InChI=1S/C15H19N4/c1-2-18-10-11-19(12-18)9-5-8-15-16-13-6-3-4-7-14(13)17-15/h3-4,6-7,10-12H,2,5,8-9H2,1H3,(H,16,17)/q+1. The van der Waals surface area contributed by atoms with Crippen molar-refractivity contribution in [3.8, 4) is 0 Å². The van der Waals surface area contributed by atoms with Gasteiger partial charge in [0.1, 0.15) is 18.2 Å². The fourth-order valence-corrected chi connectivity index (χ4v) is 2.31. The van der Waals surface area contributed by atoms with E-state index in [9.17, 15) is 0 Å². The van der Waals surface area contributed by atoms with E-state index in [0.717, 1.165) is 42.8 Å². The molecule has 1 N–H and O–H groups in total. The fourth-order valence-electron chi connectivity index (χ4n) is 2.31. The lowest BCUT2D eigenvalue weighted by atomic mass is 10.3. The zero-order chi connectivity index (χ0) is 13.1. The van der Waals surface area contributed by atoms with Crippen LogP contribution in [0.15, 0.2) is 43.0 Å². The summed E-state index contributed by atoms with van der Waals surface area (Å²) in [6, 6.07) is 8.18. The minimum Gasteiger partial charge on any atom is -0.342 e. The highest BCUT2D eigenvalue weighted by molar-refractivity contribution is 5.74. The number of aromatic nitrogens is 4. The van der Waals surface area contributed by atoms with Crippen LogP contribution in [0.2, 0.25) is 0 Å². The number of nitrogens with one attached hydrogen (secondary N) is 1. The summed E-state index contributed by atoms with van der Waals surface area (Å²) in [4.78, 5) is 7.97. The van der Waals surface area contributed by atoms with Crippen molar-refractivity contribution in [1.29, 1.82) is 0 Å². The maximum absolute atomic E-state index is 4.60. The lowest BCUT2D eigenvalue weighted by Gasteiger charge is -1.95. The van der Waals surface area contributed by atoms with Crippen LogP contribution in [0, 0.1) is 0 Å². The number of H-pyrrole nitrogens is 1. The Morgan fingerprint density at radius 1 is 1.32 bits per heavy atom. The molecule has 1 aromatic carbocycles. The highest BCUT2D eigenvalue weighted by Gasteiger charge is 2.04. The van der Waals surface area contributed by atoms with Gasteiger partial charge in [0.05, 0.1) is 24.1 Å². The summed E-state index contributed by atoms with van der Waals surface area (Å²) in [6.45, 7) is 4.21. The van der Waals surface area contributed by atoms with Crippen molar-refractivity contribution in [3.05, 3.63) is 48.8 Å². The fraction of sp³-hybridized carbons (Fsp3) is 0.333. The molecule has 0 atom stereocenters. The van der Waals surface area contributed by atoms with Crippen molar-refractivity contribution in [2.45, 2.75) is 32.9 Å². The molecule has 0 saturated carbocycles. The first-order chi connectivity index (χ1) is 9.35. The van der Waals surface area contributed by atoms with Crippen molar-refractivity contribution in [2.24, 2.45) is 0 Å². The highest BCUT2D eigenvalue weighted by Crippen LogP contribution is 2.11. The molecule has 0 fully saturated rings. The lowest BCUT2D eigenvalue weighted by molar-refractivity contribution is -0.696. The molecule has 0 aliphatic carbocycles. The summed E-state index contributed by atoms with van der Waals surface area (Å²) < 4.78 is 4.41. The molecule has 0 bridgehead atoms. The Morgan fingerprint density at radius 3 is 3.00 bits per heavy atom. The number of fused-ring (bicyclic) bond motifs is 1. The number of aromatic amines is 1. The second-order valence-electron chi connectivity index (χ2n) is 4.79. The minimum absolute atomic E-state index is 0.985. The smallest absolute Gasteiger partial charge is 0.243 e. The highest BCUT2D eigenvalue weighted by atomic mass is 15.1. The average Bonchev–Trinajstić information content (AvgIpc) is 3.04. The van der Waals surface area contributed by atoms with Gasteiger partial charge < -0.3 is 4.98 Å². The summed E-state index contributed by atoms with van der Waals surface area (Å²) in [5.74, 6) is 1.08. The summed E-state index contributed by atoms with van der Waals surface area (Å²) in [5, 5.41) is 0. The van der Waals surface area contributed by atoms with Gasteiger partial charge >= 0.3 is 0 Å². The third-order valence-electron chi connectivity index (χ3n) is 3.38. The number of imidazole rings is 2. The van der Waals surface area contributed by atoms with Gasteiger partial charge in [0.15, 0.2) is 0 Å². The summed E-state index contributed by atoms with van der Waals surface area (Å²) in [6.07, 6.45) is 8.47. The molecule has 19 heavy (non-hydrogen) atoms. The summed E-state index contributed by atoms with van der Waals surface area (Å²) in [7, 11) is 0. The number of rotatable bonds is 5. The van der Waals surface area contributed by atoms with Crippen molar-refractivity contribution in [1.82, 2.24) is 14.5 Å². The first kappa shape index (κ1) is 12.0. The lowest BCUT2D eigenvalue weighted by Crippen LogP contribution is -2.31. The number of hydrogen-bond donors (Lipinski definition) is 1. The molecule has 2 heterocycles. The Labute approximate surface area is 112 Å². The van der Waals surface area contributed by atoms with Gasteiger partial charge in [0.2, 0.25) is 6.33 Å². The Balaban J connectivity index is 1.59. The van der Waals surface area contributed by atoms with Gasteiger partial charge in [-0.3, -0.25) is 0 Å². The zero-order valence-electron chi connectivity index (χ0n) is 11.2. The van der Waals surface area contributed by atoms with Gasteiger partial charge in [-0.05, 0) is 25.5 Å². The second kappa shape index (κ2) is 5.26. The quantitative estimate of drug-likeness (QED) is 0.698. The number of benzene rings is 1. The van der Waals surface area contributed by atoms with Gasteiger partial charge in [-0.2, -0.15) is 0 Å². The van der Waals surface area contributed by atoms with Crippen molar-refractivity contribution in [2.75, 3.05) is 0 Å². The maximum atomic E-state index is 4.60. The van der Waals surface area contributed by atoms with Gasteiger partial charge in [0.25, 0.3) is 0 Å². The molecule has 98 valence electrons. The Morgan fingerprint density at radius 2 is 2.21 bits per heavy atom. The number of hydrogen-bond acceptors (Lipinski definition) is 1. The van der Waals surface area contributed by atoms with Crippen molar-refractivity contribution in [3.63, 3.8) is 0 Å². The van der Waals surface area contributed by atoms with Crippen molar-refractivity contribution < 1.29 is 4.57 Å². The van der Waals surface area contributed by atoms with Crippen LogP contribution >= 0.6 is 0 Å². The Kier molecular flexibility index (Phi) is 3.31. The average molecular weight is 255 g/mol. The number of aryl methyl sites for hydroxylation is 3. The summed E-state index contributed by atoms with van der Waals surface area (Å²) in [5.41, 5.74) is 2.18. The topological polar surface area (TPSA) is 37.5 Å². The van der Waals surface area contributed by atoms with Crippen LogP contribution in [0.3, 0.4) is 0 Å². The van der Waals surface area contributed by atoms with E-state index in [-0.39, 0.29) is 0 Å². The molecular formula is C15H19N4+. The van der Waals surface area contributed by atoms with E-state index >= 15 is 0 Å². The molecule has 4 nitrogen and oxygen atoms in total. The van der Waals surface area contributed by atoms with Gasteiger partial charge in [-0.15, -0.1) is 0 Å². The second-order valence-corrected chi connectivity index (χ2v) is 4.79. The van der Waals surface area contributed by atoms with Gasteiger partial charge in [-0.1, -0.05) is 12.1 Å². The molecular weight excluding hydrogens is 236 g/mol. The van der Waals surface area contributed by atoms with Gasteiger partial charge in [0, 0.05) is 6.42 Å². The molecule has 0 unspecified atom stereocenters. The minimum atomic E-state index is 0.985. The third kappa shape index (κ3) is 2.67. The monoisotopic (exact) mass is 255 g/mol. The SMILES string of the molecule is CCn1cc[n+](CCCc2nc3ccccc3[nH]2)c1. The molecule has 0 saturated heterocycles. The van der Waals surface area contributed by atoms with E-state index in [1.54, 1.807) is 0 Å². The van der Waals surface area contributed by atoms with Crippen LogP contribution < -0.4 is 4.57 Å². The van der Waals surface area contributed by atoms with E-state index in [4.69, 9.17) is 0 Å². The first-order valence-electron chi connectivity index (χ1n) is 6.83. The summed E-state index contributed by atoms with van der Waals surface area (Å²) >= 11 is 0. The predicted octanol–water partition coefficient (Wildman–Crippen LogP) is 2.30. The van der Waals surface area contributed by atoms with E-state index < -0.39 is 0 Å². The normalized spacial score (nSPS) is 11.2. The molecule has 0 spiro atoms. The molecule has 3 rings (SSSR count). The van der Waals surface area contributed by atoms with Gasteiger partial charge in [-0.25, -0.2) is 14.1 Å². The van der Waals surface area contributed by atoms with E-state index in [1.807, 2.05) is 18.2 Å². The third-order valence-corrected chi connectivity index (χ3v) is 3.38. The van der Waals surface area contributed by atoms with Crippen LogP contribution in [-0.2, 0) is 19.5 Å². The molecule has 3 aromatic rings. The molecule has 0 aliphatic heterocycles. The van der Waals surface area contributed by atoms with E-state index in [1.165, 1.54) is 0 Å². The van der Waals surface area contributed by atoms with Crippen LogP contribution in [-0.4, -0.2) is 14.5 Å². The Bertz CT molecular complexity index is 632. The predicted molar refractivity (Wildman–Crippen MR) is 74.7 cm³/mol. The molecule has 2 aromatic heterocycles. The van der Waals surface area contributed by atoms with Crippen LogP contribution in [0.5, 0.6) is 0 Å². The molecule has 4 heteroatoms. The molecule has 0 aliphatic rings. The maximum Gasteiger partial charge on any atom is 0.243 e. The molecule has 0 radical (unpaired) electrons. The van der Waals surface area contributed by atoms with E-state index in [2.05, 4.69) is 50.8 Å².